The van der Waals surface area contributed by atoms with Gasteiger partial charge in [0.05, 0.1) is 11.7 Å². The molecule has 2 rings (SSSR count). The highest BCUT2D eigenvalue weighted by Gasteiger charge is 2.37. The first-order chi connectivity index (χ1) is 8.55. The summed E-state index contributed by atoms with van der Waals surface area (Å²) in [4.78, 5) is 0. The zero-order chi connectivity index (χ0) is 13.1. The van der Waals surface area contributed by atoms with Gasteiger partial charge in [0.2, 0.25) is 0 Å². The van der Waals surface area contributed by atoms with Crippen molar-refractivity contribution in [3.05, 3.63) is 0 Å². The molecular weight excluding hydrogens is 222 g/mol. The first-order valence-electron chi connectivity index (χ1n) is 7.88. The second-order valence-electron chi connectivity index (χ2n) is 7.26. The van der Waals surface area contributed by atoms with Crippen LogP contribution in [0.5, 0.6) is 0 Å². The lowest BCUT2D eigenvalue weighted by Gasteiger charge is -2.43. The number of rotatable bonds is 4. The fraction of sp³-hybridized carbons (Fsp3) is 1.00. The van der Waals surface area contributed by atoms with E-state index in [4.69, 9.17) is 4.74 Å². The molecule has 2 aliphatic rings. The Morgan fingerprint density at radius 1 is 1.00 bits per heavy atom. The van der Waals surface area contributed by atoms with E-state index >= 15 is 0 Å². The molecule has 0 aromatic carbocycles. The molecule has 2 aliphatic carbocycles. The van der Waals surface area contributed by atoms with Crippen LogP contribution >= 0.6 is 0 Å². The van der Waals surface area contributed by atoms with E-state index in [1.165, 1.54) is 57.8 Å². The number of nitrogens with one attached hydrogen (secondary N) is 1. The smallest absolute Gasteiger partial charge is 0.0809 e. The molecule has 0 aliphatic heterocycles. The molecule has 2 saturated carbocycles. The minimum absolute atomic E-state index is 0.152. The first kappa shape index (κ1) is 14.3. The van der Waals surface area contributed by atoms with Crippen LogP contribution in [-0.2, 0) is 4.74 Å². The highest BCUT2D eigenvalue weighted by molar-refractivity contribution is 4.89. The Labute approximate surface area is 113 Å². The third-order valence-electron chi connectivity index (χ3n) is 4.97. The van der Waals surface area contributed by atoms with Crippen LogP contribution in [0.4, 0.5) is 0 Å². The first-order valence-corrected chi connectivity index (χ1v) is 7.88. The lowest BCUT2D eigenvalue weighted by molar-refractivity contribution is -0.128. The maximum atomic E-state index is 6.59. The van der Waals surface area contributed by atoms with Crippen LogP contribution < -0.4 is 5.32 Å². The Balaban J connectivity index is 1.89. The average molecular weight is 253 g/mol. The van der Waals surface area contributed by atoms with Crippen LogP contribution in [0.15, 0.2) is 0 Å². The largest absolute Gasteiger partial charge is 0.370 e. The minimum atomic E-state index is 0.152. The average Bonchev–Trinajstić information content (AvgIpc) is 2.34. The topological polar surface area (TPSA) is 21.3 Å². The van der Waals surface area contributed by atoms with Gasteiger partial charge in [-0.15, -0.1) is 0 Å². The summed E-state index contributed by atoms with van der Waals surface area (Å²) in [6.45, 7) is 5.83. The van der Waals surface area contributed by atoms with Gasteiger partial charge in [0.1, 0.15) is 0 Å². The third kappa shape index (κ3) is 3.71. The van der Waals surface area contributed by atoms with Gasteiger partial charge in [0.25, 0.3) is 0 Å². The van der Waals surface area contributed by atoms with E-state index in [9.17, 15) is 0 Å². The monoisotopic (exact) mass is 253 g/mol. The van der Waals surface area contributed by atoms with Gasteiger partial charge in [-0.3, -0.25) is 0 Å². The highest BCUT2D eigenvalue weighted by atomic mass is 16.5. The maximum absolute atomic E-state index is 6.59. The number of ether oxygens (including phenoxy) is 1. The zero-order valence-corrected chi connectivity index (χ0v) is 12.6. The van der Waals surface area contributed by atoms with Gasteiger partial charge in [-0.25, -0.2) is 0 Å². The van der Waals surface area contributed by atoms with E-state index < -0.39 is 0 Å². The van der Waals surface area contributed by atoms with Gasteiger partial charge in [-0.1, -0.05) is 33.1 Å². The fourth-order valence-electron chi connectivity index (χ4n) is 3.70. The molecule has 2 heteroatoms. The summed E-state index contributed by atoms with van der Waals surface area (Å²) < 4.78 is 6.59. The molecule has 106 valence electrons. The Hall–Kier alpha value is -0.0800. The van der Waals surface area contributed by atoms with Crippen molar-refractivity contribution < 1.29 is 4.74 Å². The summed E-state index contributed by atoms with van der Waals surface area (Å²) >= 11 is 0. The second kappa shape index (κ2) is 5.92. The third-order valence-corrected chi connectivity index (χ3v) is 4.97. The van der Waals surface area contributed by atoms with Crippen LogP contribution in [0.1, 0.15) is 71.6 Å². The van der Waals surface area contributed by atoms with Crippen LogP contribution in [0, 0.1) is 5.41 Å². The van der Waals surface area contributed by atoms with E-state index in [0.29, 0.717) is 11.5 Å². The Morgan fingerprint density at radius 3 is 2.17 bits per heavy atom. The van der Waals surface area contributed by atoms with E-state index in [-0.39, 0.29) is 5.60 Å². The number of hydrogen-bond donors (Lipinski definition) is 1. The number of likely N-dealkylation sites (N-methyl/N-ethyl adjacent to an activating group) is 1. The second-order valence-corrected chi connectivity index (χ2v) is 7.26. The van der Waals surface area contributed by atoms with Crippen molar-refractivity contribution in [1.29, 1.82) is 0 Å². The predicted molar refractivity (Wildman–Crippen MR) is 76.9 cm³/mol. The molecule has 0 aromatic rings. The minimum Gasteiger partial charge on any atom is -0.370 e. The maximum Gasteiger partial charge on any atom is 0.0809 e. The molecule has 0 spiro atoms. The van der Waals surface area contributed by atoms with Crippen LogP contribution in [0.25, 0.3) is 0 Å². The highest BCUT2D eigenvalue weighted by Crippen LogP contribution is 2.40. The molecule has 0 bridgehead atoms. The van der Waals surface area contributed by atoms with E-state index in [1.54, 1.807) is 0 Å². The standard InChI is InChI=1S/C16H31NO/c1-15(2)11-7-14(8-12-15)18-16(13-17-3)9-5-4-6-10-16/h14,17H,4-13H2,1-3H3. The van der Waals surface area contributed by atoms with Gasteiger partial charge in [0, 0.05) is 6.54 Å². The summed E-state index contributed by atoms with van der Waals surface area (Å²) in [6.07, 6.45) is 12.3. The van der Waals surface area contributed by atoms with Gasteiger partial charge >= 0.3 is 0 Å². The van der Waals surface area contributed by atoms with E-state index in [2.05, 4.69) is 26.2 Å². The quantitative estimate of drug-likeness (QED) is 0.820. The van der Waals surface area contributed by atoms with Gasteiger partial charge in [-0.2, -0.15) is 0 Å². The lowest BCUT2D eigenvalue weighted by atomic mass is 9.76. The Bertz CT molecular complexity index is 240. The normalized spacial score (nSPS) is 28.2. The van der Waals surface area contributed by atoms with E-state index in [1.807, 2.05) is 0 Å². The van der Waals surface area contributed by atoms with Crippen molar-refractivity contribution in [2.45, 2.75) is 83.3 Å². The zero-order valence-electron chi connectivity index (χ0n) is 12.6. The molecule has 0 saturated heterocycles. The fourth-order valence-corrected chi connectivity index (χ4v) is 3.70. The lowest BCUT2D eigenvalue weighted by Crippen LogP contribution is -2.47. The van der Waals surface area contributed by atoms with Gasteiger partial charge in [0.15, 0.2) is 0 Å². The SMILES string of the molecule is CNCC1(OC2CCC(C)(C)CC2)CCCCC1. The molecule has 0 unspecified atom stereocenters. The van der Waals surface area contributed by atoms with Crippen LogP contribution in [0.3, 0.4) is 0 Å². The van der Waals surface area contributed by atoms with E-state index in [0.717, 1.165) is 6.54 Å². The molecule has 18 heavy (non-hydrogen) atoms. The summed E-state index contributed by atoms with van der Waals surface area (Å²) in [6, 6.07) is 0. The molecule has 0 radical (unpaired) electrons. The van der Waals surface area contributed by atoms with Gasteiger partial charge < -0.3 is 10.1 Å². The Morgan fingerprint density at radius 2 is 1.61 bits per heavy atom. The van der Waals surface area contributed by atoms with Crippen molar-refractivity contribution in [3.8, 4) is 0 Å². The summed E-state index contributed by atoms with van der Waals surface area (Å²) in [7, 11) is 2.06. The number of hydrogen-bond acceptors (Lipinski definition) is 2. The molecule has 0 aromatic heterocycles. The molecule has 2 fully saturated rings. The summed E-state index contributed by atoms with van der Waals surface area (Å²) in [5.74, 6) is 0. The van der Waals surface area contributed by atoms with Crippen molar-refractivity contribution in [2.75, 3.05) is 13.6 Å². The molecular formula is C16H31NO. The van der Waals surface area contributed by atoms with Crippen molar-refractivity contribution >= 4 is 0 Å². The van der Waals surface area contributed by atoms with Crippen LogP contribution in [-0.4, -0.2) is 25.3 Å². The molecule has 0 amide bonds. The van der Waals surface area contributed by atoms with Crippen molar-refractivity contribution in [3.63, 3.8) is 0 Å². The molecule has 0 atom stereocenters. The van der Waals surface area contributed by atoms with Gasteiger partial charge in [-0.05, 0) is 51.0 Å². The predicted octanol–water partition coefficient (Wildman–Crippen LogP) is 3.89. The summed E-state index contributed by atoms with van der Waals surface area (Å²) in [5.41, 5.74) is 0.696. The molecule has 1 N–H and O–H groups in total. The molecule has 2 nitrogen and oxygen atoms in total. The van der Waals surface area contributed by atoms with Crippen LogP contribution in [0.2, 0.25) is 0 Å². The van der Waals surface area contributed by atoms with Crippen molar-refractivity contribution in [1.82, 2.24) is 5.32 Å². The summed E-state index contributed by atoms with van der Waals surface area (Å²) in [5, 5.41) is 3.36. The van der Waals surface area contributed by atoms with Crippen molar-refractivity contribution in [2.24, 2.45) is 5.41 Å². The Kier molecular flexibility index (Phi) is 4.71. The molecule has 0 heterocycles.